The molecule has 0 amide bonds. The number of hydrogen-bond donors (Lipinski definition) is 1. The van der Waals surface area contributed by atoms with E-state index in [1.807, 2.05) is 23.7 Å². The average molecular weight is 360 g/mol. The monoisotopic (exact) mass is 358 g/mol. The van der Waals surface area contributed by atoms with E-state index in [9.17, 15) is 0 Å². The van der Waals surface area contributed by atoms with Crippen LogP contribution in [0.15, 0.2) is 34.2 Å². The molecule has 0 aliphatic rings. The number of nitrogens with zero attached hydrogens (tertiary/aromatic N) is 1. The Bertz CT molecular complexity index is 516. The molecule has 2 rings (SSSR count). The molecule has 0 fully saturated rings. The number of hydrogen-bond acceptors (Lipinski definition) is 3. The summed E-state index contributed by atoms with van der Waals surface area (Å²) in [5, 5.41) is 7.49. The first-order valence-electron chi connectivity index (χ1n) is 6.27. The fraction of sp³-hybridized carbons (Fsp3) is 0.357. The molecule has 0 saturated heterocycles. The summed E-state index contributed by atoms with van der Waals surface area (Å²) in [5.41, 5.74) is 1.12. The second-order valence-corrected chi connectivity index (χ2v) is 6.60. The van der Waals surface area contributed by atoms with Crippen molar-refractivity contribution in [3.63, 3.8) is 0 Å². The van der Waals surface area contributed by atoms with Gasteiger partial charge in [0.15, 0.2) is 0 Å². The van der Waals surface area contributed by atoms with Crippen LogP contribution < -0.4 is 5.32 Å². The summed E-state index contributed by atoms with van der Waals surface area (Å²) in [5.74, 6) is 0. The number of thiazole rings is 1. The van der Waals surface area contributed by atoms with Crippen molar-refractivity contribution in [2.45, 2.75) is 25.8 Å². The van der Waals surface area contributed by atoms with Crippen LogP contribution in [0.1, 0.15) is 30.0 Å². The molecule has 1 aromatic carbocycles. The van der Waals surface area contributed by atoms with Crippen LogP contribution in [0.25, 0.3) is 0 Å². The second-order valence-electron chi connectivity index (χ2n) is 4.30. The van der Waals surface area contributed by atoms with Crippen LogP contribution in [0.3, 0.4) is 0 Å². The fourth-order valence-electron chi connectivity index (χ4n) is 1.92. The maximum absolute atomic E-state index is 6.33. The van der Waals surface area contributed by atoms with Crippen molar-refractivity contribution in [2.75, 3.05) is 6.54 Å². The van der Waals surface area contributed by atoms with Crippen molar-refractivity contribution in [1.29, 1.82) is 0 Å². The van der Waals surface area contributed by atoms with Crippen molar-refractivity contribution in [3.05, 3.63) is 49.8 Å². The number of rotatable bonds is 6. The van der Waals surface area contributed by atoms with Crippen LogP contribution in [0, 0.1) is 0 Å². The predicted molar refractivity (Wildman–Crippen MR) is 86.0 cm³/mol. The zero-order chi connectivity index (χ0) is 13.7. The van der Waals surface area contributed by atoms with Gasteiger partial charge in [0, 0.05) is 33.5 Å². The van der Waals surface area contributed by atoms with Gasteiger partial charge < -0.3 is 5.32 Å². The Labute approximate surface area is 131 Å². The molecule has 1 atom stereocenters. The Balaban J connectivity index is 2.23. The highest BCUT2D eigenvalue weighted by molar-refractivity contribution is 9.10. The molecule has 2 aromatic rings. The molecular weight excluding hydrogens is 344 g/mol. The molecule has 5 heteroatoms. The third-order valence-electron chi connectivity index (χ3n) is 2.84. The van der Waals surface area contributed by atoms with Gasteiger partial charge in [0.1, 0.15) is 0 Å². The average Bonchev–Trinajstić information content (AvgIpc) is 2.90. The lowest BCUT2D eigenvalue weighted by Gasteiger charge is -2.19. The van der Waals surface area contributed by atoms with Gasteiger partial charge in [-0.2, -0.15) is 0 Å². The van der Waals surface area contributed by atoms with E-state index in [1.54, 1.807) is 11.3 Å². The van der Waals surface area contributed by atoms with Crippen LogP contribution in [0.2, 0.25) is 5.02 Å². The largest absolute Gasteiger partial charge is 0.310 e. The van der Waals surface area contributed by atoms with E-state index in [2.05, 4.69) is 39.2 Å². The van der Waals surface area contributed by atoms with Gasteiger partial charge in [-0.3, -0.25) is 0 Å². The highest BCUT2D eigenvalue weighted by Gasteiger charge is 2.16. The van der Waals surface area contributed by atoms with Crippen molar-refractivity contribution < 1.29 is 0 Å². The Morgan fingerprint density at radius 3 is 3.00 bits per heavy atom. The summed E-state index contributed by atoms with van der Waals surface area (Å²) >= 11 is 11.5. The minimum absolute atomic E-state index is 0.205. The highest BCUT2D eigenvalue weighted by atomic mass is 79.9. The minimum Gasteiger partial charge on any atom is -0.310 e. The Hall–Kier alpha value is -0.420. The number of halogens is 2. The fourth-order valence-corrected chi connectivity index (χ4v) is 3.21. The molecule has 1 heterocycles. The van der Waals surface area contributed by atoms with Gasteiger partial charge in [-0.15, -0.1) is 11.3 Å². The quantitative estimate of drug-likeness (QED) is 0.798. The smallest absolute Gasteiger partial charge is 0.0943 e. The molecule has 1 N–H and O–H groups in total. The molecule has 0 saturated carbocycles. The van der Waals surface area contributed by atoms with Gasteiger partial charge in [-0.25, -0.2) is 4.98 Å². The van der Waals surface area contributed by atoms with Gasteiger partial charge in [-0.05, 0) is 36.7 Å². The van der Waals surface area contributed by atoms with E-state index in [4.69, 9.17) is 11.6 Å². The second kappa shape index (κ2) is 7.39. The zero-order valence-electron chi connectivity index (χ0n) is 10.7. The minimum atomic E-state index is 0.205. The summed E-state index contributed by atoms with van der Waals surface area (Å²) in [4.78, 5) is 4.37. The molecule has 1 unspecified atom stereocenters. The van der Waals surface area contributed by atoms with Crippen molar-refractivity contribution >= 4 is 38.9 Å². The molecule has 0 aliphatic heterocycles. The molecule has 2 nitrogen and oxygen atoms in total. The number of nitrogens with one attached hydrogen (secondary N) is 1. The van der Waals surface area contributed by atoms with Gasteiger partial charge in [0.25, 0.3) is 0 Å². The van der Waals surface area contributed by atoms with E-state index < -0.39 is 0 Å². The van der Waals surface area contributed by atoms with Crippen LogP contribution >= 0.6 is 38.9 Å². The van der Waals surface area contributed by atoms with E-state index in [-0.39, 0.29) is 6.04 Å². The van der Waals surface area contributed by atoms with E-state index in [1.165, 1.54) is 0 Å². The Kier molecular flexibility index (Phi) is 5.82. The normalized spacial score (nSPS) is 12.6. The third kappa shape index (κ3) is 4.28. The lowest BCUT2D eigenvalue weighted by molar-refractivity contribution is 0.528. The van der Waals surface area contributed by atoms with Gasteiger partial charge in [-0.1, -0.05) is 34.5 Å². The Morgan fingerprint density at radius 2 is 2.32 bits per heavy atom. The summed E-state index contributed by atoms with van der Waals surface area (Å²) < 4.78 is 1.05. The van der Waals surface area contributed by atoms with E-state index in [0.29, 0.717) is 0 Å². The SMILES string of the molecule is CCCNC(Cc1nccs1)c1cc(Br)ccc1Cl. The van der Waals surface area contributed by atoms with Crippen molar-refractivity contribution in [1.82, 2.24) is 10.3 Å². The lowest BCUT2D eigenvalue weighted by Crippen LogP contribution is -2.24. The predicted octanol–water partition coefficient (Wildman–Crippen LogP) is 4.84. The highest BCUT2D eigenvalue weighted by Crippen LogP contribution is 2.29. The lowest BCUT2D eigenvalue weighted by atomic mass is 10.0. The molecule has 0 aliphatic carbocycles. The van der Waals surface area contributed by atoms with E-state index >= 15 is 0 Å². The van der Waals surface area contributed by atoms with Crippen LogP contribution in [-0.4, -0.2) is 11.5 Å². The summed E-state index contributed by atoms with van der Waals surface area (Å²) in [6, 6.07) is 6.19. The molecule has 0 spiro atoms. The first-order chi connectivity index (χ1) is 9.20. The summed E-state index contributed by atoms with van der Waals surface area (Å²) in [6.45, 7) is 3.13. The van der Waals surface area contributed by atoms with Crippen molar-refractivity contribution in [2.24, 2.45) is 0 Å². The number of aromatic nitrogens is 1. The summed E-state index contributed by atoms with van der Waals surface area (Å²) in [6.07, 6.45) is 3.81. The molecule has 0 bridgehead atoms. The molecule has 1 aromatic heterocycles. The maximum Gasteiger partial charge on any atom is 0.0943 e. The molecular formula is C14H16BrClN2S. The maximum atomic E-state index is 6.33. The molecule has 0 radical (unpaired) electrons. The summed E-state index contributed by atoms with van der Waals surface area (Å²) in [7, 11) is 0. The molecule has 102 valence electrons. The zero-order valence-corrected chi connectivity index (χ0v) is 13.9. The Morgan fingerprint density at radius 1 is 1.47 bits per heavy atom. The van der Waals surface area contributed by atoms with E-state index in [0.717, 1.165) is 39.5 Å². The first kappa shape index (κ1) is 15.0. The topological polar surface area (TPSA) is 24.9 Å². The van der Waals surface area contributed by atoms with Gasteiger partial charge in [0.2, 0.25) is 0 Å². The van der Waals surface area contributed by atoms with Gasteiger partial charge >= 0.3 is 0 Å². The van der Waals surface area contributed by atoms with Gasteiger partial charge in [0.05, 0.1) is 5.01 Å². The standard InChI is InChI=1S/C14H16BrClN2S/c1-2-5-17-13(9-14-18-6-7-19-14)11-8-10(15)3-4-12(11)16/h3-4,6-8,13,17H,2,5,9H2,1H3. The van der Waals surface area contributed by atoms with Crippen LogP contribution in [-0.2, 0) is 6.42 Å². The molecule has 19 heavy (non-hydrogen) atoms. The van der Waals surface area contributed by atoms with Crippen LogP contribution in [0.4, 0.5) is 0 Å². The third-order valence-corrected chi connectivity index (χ3v) is 4.48. The first-order valence-corrected chi connectivity index (χ1v) is 8.32. The van der Waals surface area contributed by atoms with Crippen molar-refractivity contribution in [3.8, 4) is 0 Å². The van der Waals surface area contributed by atoms with Crippen LogP contribution in [0.5, 0.6) is 0 Å². The number of benzene rings is 1.